The average molecular weight is 432 g/mol. The molecule has 2 aromatic carbocycles. The highest BCUT2D eigenvalue weighted by atomic mass is 32.2. The summed E-state index contributed by atoms with van der Waals surface area (Å²) in [6, 6.07) is 10.4. The van der Waals surface area contributed by atoms with Gasteiger partial charge in [0.05, 0.1) is 29.6 Å². The summed E-state index contributed by atoms with van der Waals surface area (Å²) < 4.78 is 44.5. The number of carbonyl (C=O) groups is 1. The summed E-state index contributed by atoms with van der Waals surface area (Å²) in [7, 11) is 1.57. The highest BCUT2D eigenvalue weighted by Crippen LogP contribution is 2.35. The molecule has 30 heavy (non-hydrogen) atoms. The molecule has 4 aromatic rings. The summed E-state index contributed by atoms with van der Waals surface area (Å²) >= 11 is 1.11. The Morgan fingerprint density at radius 2 is 2.00 bits per heavy atom. The Balaban J connectivity index is 1.55. The van der Waals surface area contributed by atoms with Gasteiger partial charge in [-0.1, -0.05) is 23.9 Å². The summed E-state index contributed by atoms with van der Waals surface area (Å²) in [5, 5.41) is 3.69. The SMILES string of the molecule is COc1ccc2[nH]c3c(SCC(=O)Nc4ccccc4C(F)(F)F)ncnc3c2c1. The molecule has 0 saturated carbocycles. The number of para-hydroxylation sites is 1. The molecule has 154 valence electrons. The molecule has 0 fully saturated rings. The zero-order chi connectivity index (χ0) is 21.3. The predicted octanol–water partition coefficient (Wildman–Crippen LogP) is 4.87. The zero-order valence-corrected chi connectivity index (χ0v) is 16.4. The van der Waals surface area contributed by atoms with E-state index in [0.29, 0.717) is 21.8 Å². The van der Waals surface area contributed by atoms with E-state index in [9.17, 15) is 18.0 Å². The minimum absolute atomic E-state index is 0.114. The molecule has 0 aliphatic carbocycles. The monoisotopic (exact) mass is 432 g/mol. The maximum Gasteiger partial charge on any atom is 0.418 e. The largest absolute Gasteiger partial charge is 0.497 e. The van der Waals surface area contributed by atoms with E-state index in [1.807, 2.05) is 18.2 Å². The van der Waals surface area contributed by atoms with Crippen LogP contribution in [-0.2, 0) is 11.0 Å². The number of halogens is 3. The second-order valence-electron chi connectivity index (χ2n) is 6.32. The van der Waals surface area contributed by atoms with Crippen LogP contribution in [0.15, 0.2) is 53.8 Å². The van der Waals surface area contributed by atoms with Crippen molar-refractivity contribution in [3.05, 3.63) is 54.4 Å². The highest BCUT2D eigenvalue weighted by molar-refractivity contribution is 8.00. The van der Waals surface area contributed by atoms with Crippen molar-refractivity contribution in [1.82, 2.24) is 15.0 Å². The van der Waals surface area contributed by atoms with Crippen molar-refractivity contribution >= 4 is 45.3 Å². The molecular weight excluding hydrogens is 417 g/mol. The van der Waals surface area contributed by atoms with E-state index in [0.717, 1.165) is 28.7 Å². The number of H-pyrrole nitrogens is 1. The highest BCUT2D eigenvalue weighted by Gasteiger charge is 2.33. The first-order chi connectivity index (χ1) is 14.4. The smallest absolute Gasteiger partial charge is 0.418 e. The maximum atomic E-state index is 13.1. The molecule has 0 bridgehead atoms. The lowest BCUT2D eigenvalue weighted by Gasteiger charge is -2.13. The van der Waals surface area contributed by atoms with Crippen molar-refractivity contribution in [2.75, 3.05) is 18.2 Å². The minimum Gasteiger partial charge on any atom is -0.497 e. The second kappa shape index (κ2) is 7.86. The molecule has 0 spiro atoms. The Morgan fingerprint density at radius 1 is 1.20 bits per heavy atom. The molecule has 0 aliphatic heterocycles. The number of hydrogen-bond acceptors (Lipinski definition) is 5. The van der Waals surface area contributed by atoms with E-state index >= 15 is 0 Å². The third-order valence-corrected chi connectivity index (χ3v) is 5.39. The lowest BCUT2D eigenvalue weighted by atomic mass is 10.1. The number of alkyl halides is 3. The number of rotatable bonds is 5. The topological polar surface area (TPSA) is 79.9 Å². The van der Waals surface area contributed by atoms with Gasteiger partial charge >= 0.3 is 6.18 Å². The Bertz CT molecular complexity index is 1240. The van der Waals surface area contributed by atoms with E-state index in [2.05, 4.69) is 20.3 Å². The van der Waals surface area contributed by atoms with Crippen LogP contribution in [0, 0.1) is 0 Å². The Labute approximate surface area is 172 Å². The Morgan fingerprint density at radius 3 is 2.77 bits per heavy atom. The number of methoxy groups -OCH3 is 1. The van der Waals surface area contributed by atoms with Gasteiger partial charge in [-0.05, 0) is 30.3 Å². The third kappa shape index (κ3) is 3.90. The second-order valence-corrected chi connectivity index (χ2v) is 7.28. The van der Waals surface area contributed by atoms with Gasteiger partial charge in [0.2, 0.25) is 5.91 Å². The summed E-state index contributed by atoms with van der Waals surface area (Å²) in [5.74, 6) is -0.00283. The van der Waals surface area contributed by atoms with Crippen LogP contribution in [0.3, 0.4) is 0 Å². The van der Waals surface area contributed by atoms with E-state index in [1.165, 1.54) is 24.5 Å². The molecule has 6 nitrogen and oxygen atoms in total. The van der Waals surface area contributed by atoms with Crippen LogP contribution in [0.4, 0.5) is 18.9 Å². The molecule has 0 atom stereocenters. The Hall–Kier alpha value is -3.27. The molecule has 4 rings (SSSR count). The van der Waals surface area contributed by atoms with Crippen molar-refractivity contribution in [3.8, 4) is 5.75 Å². The maximum absolute atomic E-state index is 13.1. The van der Waals surface area contributed by atoms with Crippen molar-refractivity contribution in [1.29, 1.82) is 0 Å². The van der Waals surface area contributed by atoms with Gasteiger partial charge in [0, 0.05) is 10.9 Å². The molecule has 2 aromatic heterocycles. The number of hydrogen-bond donors (Lipinski definition) is 2. The van der Waals surface area contributed by atoms with Crippen LogP contribution in [-0.4, -0.2) is 33.7 Å². The first-order valence-electron chi connectivity index (χ1n) is 8.76. The van der Waals surface area contributed by atoms with Crippen LogP contribution in [0.25, 0.3) is 21.9 Å². The number of fused-ring (bicyclic) bond motifs is 3. The Kier molecular flexibility index (Phi) is 5.25. The van der Waals surface area contributed by atoms with Crippen molar-refractivity contribution in [2.24, 2.45) is 0 Å². The lowest BCUT2D eigenvalue weighted by molar-refractivity contribution is -0.137. The number of ether oxygens (including phenoxy) is 1. The van der Waals surface area contributed by atoms with Gasteiger partial charge in [0.1, 0.15) is 22.6 Å². The zero-order valence-electron chi connectivity index (χ0n) is 15.6. The molecule has 2 heterocycles. The van der Waals surface area contributed by atoms with Crippen molar-refractivity contribution < 1.29 is 22.7 Å². The number of amides is 1. The summed E-state index contributed by atoms with van der Waals surface area (Å²) in [6.45, 7) is 0. The fraction of sp³-hybridized carbons (Fsp3) is 0.150. The predicted molar refractivity (Wildman–Crippen MR) is 109 cm³/mol. The summed E-state index contributed by atoms with van der Waals surface area (Å²) in [4.78, 5) is 24.0. The molecule has 0 saturated heterocycles. The van der Waals surface area contributed by atoms with Crippen molar-refractivity contribution in [3.63, 3.8) is 0 Å². The molecule has 0 aliphatic rings. The van der Waals surface area contributed by atoms with Crippen LogP contribution < -0.4 is 10.1 Å². The molecule has 2 N–H and O–H groups in total. The van der Waals surface area contributed by atoms with Gasteiger partial charge in [-0.3, -0.25) is 4.79 Å². The van der Waals surface area contributed by atoms with Gasteiger partial charge in [-0.15, -0.1) is 0 Å². The molecule has 0 radical (unpaired) electrons. The molecule has 1 amide bonds. The van der Waals surface area contributed by atoms with E-state index < -0.39 is 17.6 Å². The number of carbonyl (C=O) groups excluding carboxylic acids is 1. The number of aromatic amines is 1. The fourth-order valence-corrected chi connectivity index (χ4v) is 3.80. The quantitative estimate of drug-likeness (QED) is 0.348. The number of nitrogens with one attached hydrogen (secondary N) is 2. The average Bonchev–Trinajstić information content (AvgIpc) is 3.10. The summed E-state index contributed by atoms with van der Waals surface area (Å²) in [6.07, 6.45) is -3.17. The fourth-order valence-electron chi connectivity index (χ4n) is 3.05. The van der Waals surface area contributed by atoms with Crippen LogP contribution in [0.5, 0.6) is 5.75 Å². The van der Waals surface area contributed by atoms with E-state index in [4.69, 9.17) is 4.74 Å². The van der Waals surface area contributed by atoms with E-state index in [-0.39, 0.29) is 11.4 Å². The van der Waals surface area contributed by atoms with Gasteiger partial charge < -0.3 is 15.0 Å². The number of benzene rings is 2. The first-order valence-corrected chi connectivity index (χ1v) is 9.74. The van der Waals surface area contributed by atoms with Gasteiger partial charge in [0.25, 0.3) is 0 Å². The minimum atomic E-state index is -4.55. The van der Waals surface area contributed by atoms with Crippen LogP contribution in [0.1, 0.15) is 5.56 Å². The number of nitrogens with zero attached hydrogens (tertiary/aromatic N) is 2. The molecule has 10 heteroatoms. The molecule has 0 unspecified atom stereocenters. The van der Waals surface area contributed by atoms with Gasteiger partial charge in [0.15, 0.2) is 0 Å². The first kappa shape index (κ1) is 20.0. The normalized spacial score (nSPS) is 11.7. The van der Waals surface area contributed by atoms with E-state index in [1.54, 1.807) is 7.11 Å². The van der Waals surface area contributed by atoms with Gasteiger partial charge in [-0.2, -0.15) is 13.2 Å². The van der Waals surface area contributed by atoms with Crippen molar-refractivity contribution in [2.45, 2.75) is 11.2 Å². The standard InChI is InChI=1S/C20H15F3N4O2S/c1-29-11-6-7-14-12(8-11)17-18(27-14)19(25-10-24-17)30-9-16(28)26-15-5-3-2-4-13(15)20(21,22)23/h2-8,10,27H,9H2,1H3,(H,26,28). The third-order valence-electron chi connectivity index (χ3n) is 4.40. The number of thioether (sulfide) groups is 1. The van der Waals surface area contributed by atoms with Gasteiger partial charge in [-0.25, -0.2) is 9.97 Å². The number of aromatic nitrogens is 3. The van der Waals surface area contributed by atoms with Crippen LogP contribution >= 0.6 is 11.8 Å². The lowest BCUT2D eigenvalue weighted by Crippen LogP contribution is -2.18. The van der Waals surface area contributed by atoms with Crippen LogP contribution in [0.2, 0.25) is 0 Å². The molecular formula is C20H15F3N4O2S. The number of anilines is 1. The summed E-state index contributed by atoms with van der Waals surface area (Å²) in [5.41, 5.74) is 0.980.